The van der Waals surface area contributed by atoms with Gasteiger partial charge in [-0.2, -0.15) is 0 Å². The number of nitrogens with two attached hydrogens (primary N) is 1. The number of fused-ring (bicyclic) bond motifs is 1. The third-order valence-electron chi connectivity index (χ3n) is 5.92. The quantitative estimate of drug-likeness (QED) is 0.395. The summed E-state index contributed by atoms with van der Waals surface area (Å²) in [4.78, 5) is 18.4. The van der Waals surface area contributed by atoms with Crippen molar-refractivity contribution < 1.29 is 22.8 Å². The fourth-order valence-corrected chi connectivity index (χ4v) is 6.37. The molecular weight excluding hydrogens is 434 g/mol. The molecule has 0 saturated heterocycles. The number of aromatic nitrogens is 3. The zero-order valence-corrected chi connectivity index (χ0v) is 18.9. The number of carboxylic acids is 1. The van der Waals surface area contributed by atoms with Gasteiger partial charge in [0.2, 0.25) is 5.95 Å². The third-order valence-corrected chi connectivity index (χ3v) is 7.85. The van der Waals surface area contributed by atoms with Gasteiger partial charge < -0.3 is 25.7 Å². The van der Waals surface area contributed by atoms with Crippen LogP contribution in [0.3, 0.4) is 0 Å². The molecule has 0 aliphatic heterocycles. The number of rotatable bonds is 8. The van der Waals surface area contributed by atoms with E-state index in [0.29, 0.717) is 46.8 Å². The molecule has 5 N–H and O–H groups in total. The molecule has 0 atom stereocenters. The lowest BCUT2D eigenvalue weighted by Gasteiger charge is -2.23. The largest absolute Gasteiger partial charge is 0.481 e. The van der Waals surface area contributed by atoms with Gasteiger partial charge in [-0.05, 0) is 44.4 Å². The molecule has 1 aromatic carbocycles. The Balaban J connectivity index is 1.82. The maximum absolute atomic E-state index is 13.5. The minimum atomic E-state index is -3.77. The van der Waals surface area contributed by atoms with Crippen molar-refractivity contribution in [3.63, 3.8) is 0 Å². The molecule has 1 fully saturated rings. The fraction of sp³-hybridized carbons (Fsp3) is 0.476. The number of aliphatic carboxylic acids is 1. The van der Waals surface area contributed by atoms with E-state index in [4.69, 9.17) is 15.4 Å². The molecule has 32 heavy (non-hydrogen) atoms. The molecule has 0 bridgehead atoms. The van der Waals surface area contributed by atoms with E-state index in [1.165, 1.54) is 0 Å². The van der Waals surface area contributed by atoms with Crippen molar-refractivity contribution in [1.29, 1.82) is 0 Å². The number of hydrogen-bond acceptors (Lipinski definition) is 8. The van der Waals surface area contributed by atoms with Crippen molar-refractivity contribution in [3.05, 3.63) is 23.6 Å². The maximum atomic E-state index is 13.5. The molecule has 0 radical (unpaired) electrons. The van der Waals surface area contributed by atoms with Crippen LogP contribution in [0.25, 0.3) is 22.2 Å². The molecule has 172 valence electrons. The van der Waals surface area contributed by atoms with Gasteiger partial charge in [0.05, 0.1) is 28.3 Å². The van der Waals surface area contributed by atoms with E-state index in [2.05, 4.69) is 20.4 Å². The number of carbonyl (C=O) groups is 1. The predicted molar refractivity (Wildman–Crippen MR) is 119 cm³/mol. The Morgan fingerprint density at radius 1 is 1.31 bits per heavy atom. The Morgan fingerprint density at radius 3 is 2.66 bits per heavy atom. The molecule has 0 amide bonds. The number of carboxylic acid groups (broad SMARTS) is 1. The third kappa shape index (κ3) is 4.35. The van der Waals surface area contributed by atoms with Crippen molar-refractivity contribution in [1.82, 2.24) is 15.1 Å². The summed E-state index contributed by atoms with van der Waals surface area (Å²) < 4.78 is 32.4. The molecule has 2 heterocycles. The number of benzene rings is 1. The van der Waals surface area contributed by atoms with Crippen LogP contribution < -0.4 is 11.1 Å². The zero-order chi connectivity index (χ0) is 23.1. The van der Waals surface area contributed by atoms with E-state index in [9.17, 15) is 13.2 Å². The topological polar surface area (TPSA) is 164 Å². The molecule has 1 aliphatic rings. The number of sulfone groups is 1. The van der Waals surface area contributed by atoms with E-state index < -0.39 is 21.3 Å². The Labute approximate surface area is 185 Å². The first-order chi connectivity index (χ1) is 15.1. The number of nitrogens with zero attached hydrogens (tertiary/aromatic N) is 2. The van der Waals surface area contributed by atoms with Crippen LogP contribution in [0, 0.1) is 13.8 Å². The highest BCUT2D eigenvalue weighted by Gasteiger charge is 2.36. The zero-order valence-electron chi connectivity index (χ0n) is 18.1. The average Bonchev–Trinajstić information content (AvgIpc) is 3.38. The number of H-pyrrole nitrogens is 1. The molecule has 0 spiro atoms. The lowest BCUT2D eigenvalue weighted by molar-refractivity contribution is -0.136. The first kappa shape index (κ1) is 22.3. The first-order valence-corrected chi connectivity index (χ1v) is 12.2. The van der Waals surface area contributed by atoms with Gasteiger partial charge in [-0.25, -0.2) is 13.4 Å². The SMILES string of the molecule is Cc1noc(C)c1-c1cc(S(=O)(=O)CC2(N)CCCC2)c2nc(NCCC(=O)O)[nH]c2c1. The Kier molecular flexibility index (Phi) is 5.72. The average molecular weight is 462 g/mol. The maximum Gasteiger partial charge on any atom is 0.305 e. The monoisotopic (exact) mass is 461 g/mol. The summed E-state index contributed by atoms with van der Waals surface area (Å²) in [5, 5.41) is 15.7. The van der Waals surface area contributed by atoms with Gasteiger partial charge in [-0.1, -0.05) is 18.0 Å². The number of nitrogens with one attached hydrogen (secondary N) is 2. The molecule has 10 nitrogen and oxygen atoms in total. The van der Waals surface area contributed by atoms with Crippen LogP contribution in [0.15, 0.2) is 21.6 Å². The Morgan fingerprint density at radius 2 is 2.03 bits per heavy atom. The summed E-state index contributed by atoms with van der Waals surface area (Å²) in [5.41, 5.74) is 8.48. The van der Waals surface area contributed by atoms with Gasteiger partial charge in [0.1, 0.15) is 11.3 Å². The summed E-state index contributed by atoms with van der Waals surface area (Å²) >= 11 is 0. The standard InChI is InChI=1S/C21H27N5O5S/c1-12-18(13(2)31-26-12)14-9-15-19(25-20(24-15)23-8-5-17(27)28)16(10-14)32(29,30)11-21(22)6-3-4-7-21/h9-10H,3-8,11,22H2,1-2H3,(H,27,28)(H2,23,24,25). The highest BCUT2D eigenvalue weighted by Crippen LogP contribution is 2.36. The van der Waals surface area contributed by atoms with Crippen LogP contribution in [0.2, 0.25) is 0 Å². The predicted octanol–water partition coefficient (Wildman–Crippen LogP) is 2.77. The van der Waals surface area contributed by atoms with E-state index in [1.54, 1.807) is 26.0 Å². The molecule has 3 aromatic rings. The smallest absolute Gasteiger partial charge is 0.305 e. The van der Waals surface area contributed by atoms with Crippen LogP contribution in [-0.4, -0.2) is 52.5 Å². The van der Waals surface area contributed by atoms with Crippen molar-refractivity contribution in [2.45, 2.75) is 56.4 Å². The van der Waals surface area contributed by atoms with E-state index in [1.807, 2.05) is 0 Å². The Bertz CT molecular complexity index is 1250. The summed E-state index contributed by atoms with van der Waals surface area (Å²) in [6, 6.07) is 3.40. The lowest BCUT2D eigenvalue weighted by Crippen LogP contribution is -2.43. The second-order valence-electron chi connectivity index (χ2n) is 8.55. The van der Waals surface area contributed by atoms with Crippen LogP contribution in [0.5, 0.6) is 0 Å². The van der Waals surface area contributed by atoms with Crippen molar-refractivity contribution in [2.24, 2.45) is 5.73 Å². The van der Waals surface area contributed by atoms with Crippen molar-refractivity contribution in [3.8, 4) is 11.1 Å². The number of aromatic amines is 1. The van der Waals surface area contributed by atoms with Crippen LogP contribution in [0.4, 0.5) is 5.95 Å². The van der Waals surface area contributed by atoms with Gasteiger partial charge in [0.25, 0.3) is 0 Å². The number of hydrogen-bond donors (Lipinski definition) is 4. The summed E-state index contributed by atoms with van der Waals surface area (Å²) in [5.74, 6) is -0.218. The normalized spacial score (nSPS) is 16.0. The number of anilines is 1. The number of aryl methyl sites for hydroxylation is 2. The highest BCUT2D eigenvalue weighted by molar-refractivity contribution is 7.91. The minimum Gasteiger partial charge on any atom is -0.481 e. The molecular formula is C21H27N5O5S. The van der Waals surface area contributed by atoms with Gasteiger partial charge in [0, 0.05) is 17.6 Å². The highest BCUT2D eigenvalue weighted by atomic mass is 32.2. The summed E-state index contributed by atoms with van der Waals surface area (Å²) in [6.45, 7) is 3.72. The van der Waals surface area contributed by atoms with Gasteiger partial charge in [-0.3, -0.25) is 4.79 Å². The van der Waals surface area contributed by atoms with Crippen LogP contribution in [-0.2, 0) is 14.6 Å². The van der Waals surface area contributed by atoms with Crippen molar-refractivity contribution in [2.75, 3.05) is 17.6 Å². The van der Waals surface area contributed by atoms with Crippen molar-refractivity contribution >= 4 is 32.8 Å². The molecule has 1 saturated carbocycles. The first-order valence-electron chi connectivity index (χ1n) is 10.5. The summed E-state index contributed by atoms with van der Waals surface area (Å²) in [7, 11) is -3.77. The molecule has 2 aromatic heterocycles. The van der Waals surface area contributed by atoms with Crippen LogP contribution >= 0.6 is 0 Å². The molecule has 1 aliphatic carbocycles. The Hall–Kier alpha value is -2.92. The molecule has 0 unspecified atom stereocenters. The molecule has 11 heteroatoms. The van der Waals surface area contributed by atoms with E-state index >= 15 is 0 Å². The van der Waals surface area contributed by atoms with Gasteiger partial charge in [0.15, 0.2) is 9.84 Å². The second kappa shape index (κ2) is 8.21. The van der Waals surface area contributed by atoms with E-state index in [-0.39, 0.29) is 23.6 Å². The summed E-state index contributed by atoms with van der Waals surface area (Å²) in [6.07, 6.45) is 3.08. The number of imidazole rings is 1. The second-order valence-corrected chi connectivity index (χ2v) is 10.5. The van der Waals surface area contributed by atoms with Gasteiger partial charge in [-0.15, -0.1) is 0 Å². The lowest BCUT2D eigenvalue weighted by atomic mass is 10.0. The minimum absolute atomic E-state index is 0.0873. The fourth-order valence-electron chi connectivity index (χ4n) is 4.41. The van der Waals surface area contributed by atoms with Crippen LogP contribution in [0.1, 0.15) is 43.6 Å². The van der Waals surface area contributed by atoms with Gasteiger partial charge >= 0.3 is 5.97 Å². The van der Waals surface area contributed by atoms with E-state index in [0.717, 1.165) is 18.4 Å². The molecule has 4 rings (SSSR count).